The maximum atomic E-state index is 12.3. The van der Waals surface area contributed by atoms with Crippen molar-refractivity contribution in [2.75, 3.05) is 67.8 Å². The van der Waals surface area contributed by atoms with E-state index in [-0.39, 0.29) is 111 Å². The number of esters is 5. The number of carboxylic acids is 2. The molecule has 1 aromatic heterocycles. The summed E-state index contributed by atoms with van der Waals surface area (Å²) in [6.07, 6.45) is -1.18. The fourth-order valence-corrected chi connectivity index (χ4v) is 10.7. The molecule has 1 aliphatic rings. The van der Waals surface area contributed by atoms with Crippen LogP contribution in [0.5, 0.6) is 34.5 Å². The van der Waals surface area contributed by atoms with Crippen LogP contribution in [0.15, 0.2) is 215 Å². The average Bonchev–Trinajstić information content (AvgIpc) is 1.61. The summed E-state index contributed by atoms with van der Waals surface area (Å²) in [5, 5.41) is 69.8. The first-order valence-corrected chi connectivity index (χ1v) is 38.8. The number of phenolic OH excluding ortho intramolecular Hbond substituents is 2. The molecular weight excluding hydrogens is 1960 g/mol. The average molecular weight is 2040 g/mol. The second kappa shape index (κ2) is 60.1. The molecule has 1 atom stereocenters. The number of nitrogens with one attached hydrogen (secondary N) is 1. The Morgan fingerprint density at radius 1 is 0.564 bits per heavy atom. The van der Waals surface area contributed by atoms with E-state index in [1.807, 2.05) is 48.5 Å². The number of carbonyl (C=O) groups excluding carboxylic acids is 8. The van der Waals surface area contributed by atoms with E-state index in [2.05, 4.69) is 40.1 Å². The molecule has 1 heterocycles. The number of nitro benzene ring substituents is 3. The van der Waals surface area contributed by atoms with Crippen molar-refractivity contribution in [1.82, 2.24) is 10.3 Å². The zero-order chi connectivity index (χ0) is 101. The van der Waals surface area contributed by atoms with E-state index in [4.69, 9.17) is 129 Å². The number of carbonyl (C=O) groups is 10. The van der Waals surface area contributed by atoms with Crippen molar-refractivity contribution < 1.29 is 153 Å². The summed E-state index contributed by atoms with van der Waals surface area (Å²) in [6, 6.07) is 55.0. The number of aryl methyl sites for hydroxylation is 1. The number of benzene rings is 10. The molecule has 133 heavy (non-hydrogen) atoms. The topological polar surface area (TPSA) is 571 Å². The van der Waals surface area contributed by atoms with Gasteiger partial charge in [0.1, 0.15) is 63.8 Å². The van der Waals surface area contributed by atoms with Gasteiger partial charge in [0.25, 0.3) is 17.1 Å². The van der Waals surface area contributed by atoms with Crippen molar-refractivity contribution in [2.45, 2.75) is 43.4 Å². The summed E-state index contributed by atoms with van der Waals surface area (Å²) < 4.78 is 66.7. The van der Waals surface area contributed by atoms with E-state index in [0.717, 1.165) is 96.1 Å². The number of aromatic hydroxyl groups is 2. The quantitative estimate of drug-likeness (QED) is 0.00338. The number of phenols is 2. The van der Waals surface area contributed by atoms with E-state index >= 15 is 0 Å². The van der Waals surface area contributed by atoms with Crippen LogP contribution in [0.3, 0.4) is 0 Å². The number of aromatic nitrogens is 1. The third-order valence-corrected chi connectivity index (χ3v) is 17.0. The van der Waals surface area contributed by atoms with Gasteiger partial charge in [0, 0.05) is 92.0 Å². The van der Waals surface area contributed by atoms with Crippen molar-refractivity contribution in [3.8, 4) is 45.6 Å². The van der Waals surface area contributed by atoms with Crippen molar-refractivity contribution >= 4 is 191 Å². The number of anilines is 2. The third kappa shape index (κ3) is 40.1. The van der Waals surface area contributed by atoms with Crippen LogP contribution in [0.25, 0.3) is 22.0 Å². The summed E-state index contributed by atoms with van der Waals surface area (Å²) >= 11 is 31.2. The van der Waals surface area contributed by atoms with Crippen LogP contribution in [0, 0.1) is 43.3 Å². The van der Waals surface area contributed by atoms with Gasteiger partial charge in [-0.1, -0.05) is 100.0 Å². The van der Waals surface area contributed by atoms with Crippen molar-refractivity contribution in [3.63, 3.8) is 0 Å². The summed E-state index contributed by atoms with van der Waals surface area (Å²) in [5.74, 6) is -4.98. The van der Waals surface area contributed by atoms with Gasteiger partial charge in [-0.25, -0.2) is 33.8 Å². The van der Waals surface area contributed by atoms with Crippen molar-refractivity contribution in [1.29, 1.82) is 0 Å². The number of fused-ring (bicyclic) bond motifs is 4. The number of nitrogens with two attached hydrogens (primary N) is 2. The molecule has 11 aromatic rings. The minimum absolute atomic E-state index is 0. The fourth-order valence-electron chi connectivity index (χ4n) is 10.4. The van der Waals surface area contributed by atoms with Crippen molar-refractivity contribution in [3.05, 3.63) is 314 Å². The number of hydrogen-bond donors (Lipinski definition) is 7. The number of rotatable bonds is 19. The Hall–Kier alpha value is -14.0. The molecule has 0 aliphatic heterocycles. The first-order chi connectivity index (χ1) is 63.0. The number of methoxy groups -OCH3 is 7. The number of halogens is 7. The van der Waals surface area contributed by atoms with Gasteiger partial charge in [-0.2, -0.15) is 30.3 Å². The molecule has 12 rings (SSSR count). The van der Waals surface area contributed by atoms with Crippen LogP contribution in [0.2, 0.25) is 10.0 Å². The third-order valence-electron chi connectivity index (χ3n) is 16.2. The maximum Gasteiger partial charge on any atom is 2.00 e. The molecule has 0 fully saturated rings. The second-order valence-electron chi connectivity index (χ2n) is 24.9. The SMILES string of the molecule is CC(=O)OC(C)=O.COC(=O)C[C@H](NC(=O)OCC1c2ccccc2-c2ccccc21)C(=O)Cl.COC(=O)c1cc(O)ccc1[N+](=O)[O-].COc1ccc(N)c(C(=O)O)c1.COc1ccc(N)c(C(=O)c2ccc(Cl)cc2)c1.COc1ccc2nc(C)oc(=O)c2c1.ClC(Cl)Cl.Clc1cc[c-]cc1.O=C(O)c1cc(O)ccc1[N+](=O)[O-].[2HH].[2H]C([2H])([2H])Oc1ccc([N+](=O)[O-])c(C(=O)OC)c1.[Br-].[Mg+2]. The van der Waals surface area contributed by atoms with Gasteiger partial charge in [-0.3, -0.25) is 54.3 Å². The number of alkyl carbamates (subject to hydrolysis) is 1. The number of ether oxygens (including phenoxy) is 9. The van der Waals surface area contributed by atoms with Crippen LogP contribution < -0.4 is 58.3 Å². The molecule has 1 amide bonds. The molecule has 0 unspecified atom stereocenters. The Labute approximate surface area is 818 Å². The molecule has 9 N–H and O–H groups in total. The Kier molecular flexibility index (Phi) is 50.3. The molecule has 0 saturated heterocycles. The molecule has 0 saturated carbocycles. The smallest absolute Gasteiger partial charge is 1.00 e. The molecule has 0 radical (unpaired) electrons. The molecule has 1 aliphatic carbocycles. The van der Waals surface area contributed by atoms with Crippen LogP contribution in [-0.2, 0) is 42.9 Å². The van der Waals surface area contributed by atoms with Gasteiger partial charge in [0.2, 0.25) is 5.24 Å². The Morgan fingerprint density at radius 2 is 0.970 bits per heavy atom. The van der Waals surface area contributed by atoms with Gasteiger partial charge in [0.05, 0.1) is 91.5 Å². The summed E-state index contributed by atoms with van der Waals surface area (Å²) in [6.45, 7) is 4.11. The molecule has 38 nitrogen and oxygen atoms in total. The Bertz CT molecular complexity index is 6010. The monoisotopic (exact) mass is 2040 g/mol. The minimum Gasteiger partial charge on any atom is -1.00 e. The largest absolute Gasteiger partial charge is 2.00 e. The van der Waals surface area contributed by atoms with Gasteiger partial charge in [0.15, 0.2) is 16.0 Å². The second-order valence-corrected chi connectivity index (χ2v) is 28.1. The number of nitrogen functional groups attached to an aromatic ring is 2. The number of alkyl halides is 3. The predicted molar refractivity (Wildman–Crippen MR) is 488 cm³/mol. The number of hydrogen-bond acceptors (Lipinski definition) is 32. The van der Waals surface area contributed by atoms with Crippen molar-refractivity contribution in [2.24, 2.45) is 0 Å². The van der Waals surface area contributed by atoms with E-state index in [1.165, 1.54) is 40.2 Å². The van der Waals surface area contributed by atoms with Crippen LogP contribution in [0.1, 0.15) is 106 Å². The maximum absolute atomic E-state index is 12.3. The van der Waals surface area contributed by atoms with E-state index in [1.54, 1.807) is 112 Å². The summed E-state index contributed by atoms with van der Waals surface area (Å²) in [4.78, 5) is 155. The number of aromatic carboxylic acids is 2. The standard InChI is InChI=1S/C20H18ClNO5.C14H12ClNO2.C10H9NO3.C9H9NO5.C8H7NO5.C8H9NO3.C7H5NO5.C6H4Cl.C4H6O3.CHCl3.BrH.Mg.H2/c1-26-18(23)10-17(19(21)24)22-20(25)27-11-16-14-8-4-2-6-12(14)13-7-3-5-9-15(13)16;1-18-11-6-7-13(16)12(8-11)14(17)9-2-4-10(15)5-3-9;1-6-11-9-4-3-7(13-2)5-8(9)10(12)14-6;1-14-6-3-4-8(10(12)13)7(5-6)9(11)15-2;1-14-8(11)6-4-5(10)2-3-7(6)9(12)13;1-12-5-2-3-7(9)6(4-5)8(10)11;9-4-1-2-6(8(12)13)5(3-4)7(10)11;7-6-4-2-1-3-5-6;1-3(5)7-4(2)6;2-1(3)4;;;/h2-9,16-17H,10-11H2,1H3,(H,22,25);2-8H,16H2,1H3;3-5H,1-2H3;3-5H,1-2H3;2-4,10H,1H3;2-4H,9H2,1H3,(H,10,11);1-3,9H,(H,10,11);2-5H;1-2H3;1H;1H;;1H/q;;;;;;;-1;;;;+2;/p-1/t17-;;;;;;;;;;;;/m0............/s1/i;;;1D3;;;;;;;;;1+1. The number of nitro groups is 3. The summed E-state index contributed by atoms with van der Waals surface area (Å²) in [5.41, 5.74) is 15.0. The first-order valence-electron chi connectivity index (χ1n) is 37.8. The number of amides is 1. The first kappa shape index (κ1) is 111. The van der Waals surface area contributed by atoms with Crippen LogP contribution >= 0.6 is 69.6 Å². The number of nitrogens with zero attached hydrogens (tertiary/aromatic N) is 4. The van der Waals surface area contributed by atoms with Gasteiger partial charge in [-0.05, 0) is 131 Å². The fraction of sp³-hybridized carbons (Fsp3) is 0.172. The molecule has 0 spiro atoms. The zero-order valence-electron chi connectivity index (χ0n) is 73.9. The van der Waals surface area contributed by atoms with Gasteiger partial charge < -0.3 is 101 Å². The molecule has 10 aromatic carbocycles. The Balaban J connectivity index is 0.00000154. The predicted octanol–water partition coefficient (Wildman–Crippen LogP) is 13.4. The van der Waals surface area contributed by atoms with Gasteiger partial charge in [-0.15, -0.1) is 11.6 Å². The normalized spacial score (nSPS) is 10.6. The minimum atomic E-state index is -2.70. The van der Waals surface area contributed by atoms with Crippen LogP contribution in [-0.4, -0.2) is 189 Å². The Morgan fingerprint density at radius 3 is 1.39 bits per heavy atom. The molecule has 46 heteroatoms. The number of ketones is 1. The summed E-state index contributed by atoms with van der Waals surface area (Å²) in [7, 11) is 5.21. The molecular formula is C87H82BrCl6MgN7O31. The van der Waals surface area contributed by atoms with E-state index < -0.39 is 108 Å². The molecule has 0 bridgehead atoms. The van der Waals surface area contributed by atoms with Gasteiger partial charge >= 0.3 is 76.6 Å². The number of carboxylic acid groups (broad SMARTS) is 2. The molecule has 702 valence electrons. The van der Waals surface area contributed by atoms with E-state index in [9.17, 15) is 83.1 Å². The van der Waals surface area contributed by atoms with E-state index in [0.29, 0.717) is 55.9 Å². The van der Waals surface area contributed by atoms with Crippen LogP contribution in [0.4, 0.5) is 33.2 Å². The zero-order valence-corrected chi connectivity index (χ0v) is 78.4.